The predicted octanol–water partition coefficient (Wildman–Crippen LogP) is 3.50. The fourth-order valence-electron chi connectivity index (χ4n) is 1.58. The number of amides is 1. The van der Waals surface area contributed by atoms with Gasteiger partial charge in [-0.05, 0) is 28.1 Å². The van der Waals surface area contributed by atoms with Gasteiger partial charge in [0.15, 0.2) is 5.75 Å². The number of hydrogen-bond donors (Lipinski definition) is 1. The van der Waals surface area contributed by atoms with Gasteiger partial charge in [0, 0.05) is 23.7 Å². The number of nitrogens with one attached hydrogen (secondary N) is 1. The molecule has 0 spiro atoms. The molecule has 0 fully saturated rings. The largest absolute Gasteiger partial charge is 0.431 e. The van der Waals surface area contributed by atoms with Crippen molar-refractivity contribution in [3.05, 3.63) is 51.1 Å². The monoisotopic (exact) mass is 351 g/mol. The van der Waals surface area contributed by atoms with Gasteiger partial charge in [0.1, 0.15) is 0 Å². The number of halogens is 1. The second kappa shape index (κ2) is 6.31. The van der Waals surface area contributed by atoms with Gasteiger partial charge in [-0.2, -0.15) is 0 Å². The van der Waals surface area contributed by atoms with Gasteiger partial charge in [0.25, 0.3) is 5.88 Å². The summed E-state index contributed by atoms with van der Waals surface area (Å²) in [4.78, 5) is 25.5. The number of benzene rings is 1. The summed E-state index contributed by atoms with van der Waals surface area (Å²) in [7, 11) is 0. The van der Waals surface area contributed by atoms with Gasteiger partial charge in [-0.3, -0.25) is 14.9 Å². The highest BCUT2D eigenvalue weighted by atomic mass is 79.9. The molecule has 0 saturated carbocycles. The average Bonchev–Trinajstić information content (AvgIpc) is 2.42. The van der Waals surface area contributed by atoms with Crippen LogP contribution in [0.25, 0.3) is 0 Å². The molecule has 0 saturated heterocycles. The van der Waals surface area contributed by atoms with Gasteiger partial charge in [-0.25, -0.2) is 4.98 Å². The number of carbonyl (C=O) groups excluding carboxylic acids is 1. The molecule has 7 nitrogen and oxygen atoms in total. The normalized spacial score (nSPS) is 10.0. The molecule has 0 bridgehead atoms. The highest BCUT2D eigenvalue weighted by Gasteiger charge is 2.19. The predicted molar refractivity (Wildman–Crippen MR) is 79.4 cm³/mol. The Kier molecular flexibility index (Phi) is 4.49. The van der Waals surface area contributed by atoms with Crippen molar-refractivity contribution in [1.82, 2.24) is 4.98 Å². The van der Waals surface area contributed by atoms with Gasteiger partial charge in [0.05, 0.1) is 10.6 Å². The first-order chi connectivity index (χ1) is 9.97. The molecule has 0 aliphatic rings. The van der Waals surface area contributed by atoms with E-state index in [0.29, 0.717) is 10.2 Å². The van der Waals surface area contributed by atoms with E-state index in [-0.39, 0.29) is 23.2 Å². The Morgan fingerprint density at radius 2 is 2.14 bits per heavy atom. The first-order valence-corrected chi connectivity index (χ1v) is 6.61. The molecule has 2 rings (SSSR count). The van der Waals surface area contributed by atoms with Crippen molar-refractivity contribution in [1.29, 1.82) is 0 Å². The van der Waals surface area contributed by atoms with Crippen molar-refractivity contribution in [2.45, 2.75) is 6.92 Å². The molecule has 1 amide bonds. The van der Waals surface area contributed by atoms with Crippen LogP contribution in [0.1, 0.15) is 6.92 Å². The molecular weight excluding hydrogens is 342 g/mol. The van der Waals surface area contributed by atoms with Crippen molar-refractivity contribution in [2.75, 3.05) is 5.32 Å². The number of nitrogens with zero attached hydrogens (tertiary/aromatic N) is 2. The third kappa shape index (κ3) is 3.76. The topological polar surface area (TPSA) is 94.4 Å². The molecule has 0 radical (unpaired) electrons. The van der Waals surface area contributed by atoms with E-state index in [9.17, 15) is 14.9 Å². The zero-order valence-corrected chi connectivity index (χ0v) is 12.5. The summed E-state index contributed by atoms with van der Waals surface area (Å²) < 4.78 is 5.94. The molecule has 1 heterocycles. The van der Waals surface area contributed by atoms with Crippen molar-refractivity contribution in [2.24, 2.45) is 0 Å². The van der Waals surface area contributed by atoms with Crippen molar-refractivity contribution in [3.8, 4) is 11.6 Å². The van der Waals surface area contributed by atoms with Crippen LogP contribution in [0.4, 0.5) is 11.4 Å². The Balaban J connectivity index is 2.39. The molecule has 1 aromatic heterocycles. The number of aromatic nitrogens is 1. The molecule has 0 atom stereocenters. The lowest BCUT2D eigenvalue weighted by atomic mass is 10.3. The van der Waals surface area contributed by atoms with Crippen LogP contribution in [0.5, 0.6) is 11.6 Å². The quantitative estimate of drug-likeness (QED) is 0.671. The van der Waals surface area contributed by atoms with Crippen molar-refractivity contribution < 1.29 is 14.5 Å². The highest BCUT2D eigenvalue weighted by Crippen LogP contribution is 2.34. The van der Waals surface area contributed by atoms with E-state index in [2.05, 4.69) is 26.2 Å². The minimum atomic E-state index is -0.589. The summed E-state index contributed by atoms with van der Waals surface area (Å²) in [6, 6.07) is 7.90. The molecule has 0 aliphatic carbocycles. The summed E-state index contributed by atoms with van der Waals surface area (Å²) in [5.41, 5.74) is 0.131. The number of hydrogen-bond acceptors (Lipinski definition) is 5. The van der Waals surface area contributed by atoms with Crippen LogP contribution in [0.15, 0.2) is 41.0 Å². The average molecular weight is 352 g/mol. The van der Waals surface area contributed by atoms with E-state index in [1.807, 2.05) is 0 Å². The summed E-state index contributed by atoms with van der Waals surface area (Å²) >= 11 is 3.12. The van der Waals surface area contributed by atoms with Crippen LogP contribution in [0.2, 0.25) is 0 Å². The van der Waals surface area contributed by atoms with Crippen molar-refractivity contribution in [3.63, 3.8) is 0 Å². The van der Waals surface area contributed by atoms with Crippen LogP contribution in [-0.4, -0.2) is 15.8 Å². The Bertz CT molecular complexity index is 706. The summed E-state index contributed by atoms with van der Waals surface area (Å²) in [5, 5.41) is 13.6. The lowest BCUT2D eigenvalue weighted by Crippen LogP contribution is -2.07. The van der Waals surface area contributed by atoms with E-state index in [0.717, 1.165) is 0 Å². The Morgan fingerprint density at radius 3 is 2.81 bits per heavy atom. The standard InChI is InChI=1S/C13H10BrN3O4/c1-8(18)16-10-4-2-3-5-12(10)21-13-11(17(19)20)6-9(14)7-15-13/h2-7H,1H3,(H,16,18). The van der Waals surface area contributed by atoms with Crippen LogP contribution in [-0.2, 0) is 4.79 Å². The molecule has 2 aromatic rings. The molecule has 108 valence electrons. The first kappa shape index (κ1) is 14.9. The molecular formula is C13H10BrN3O4. The lowest BCUT2D eigenvalue weighted by Gasteiger charge is -2.10. The van der Waals surface area contributed by atoms with Crippen LogP contribution in [0, 0.1) is 10.1 Å². The number of para-hydroxylation sites is 2. The van der Waals surface area contributed by atoms with Gasteiger partial charge < -0.3 is 10.1 Å². The third-order valence-corrected chi connectivity index (χ3v) is 2.83. The minimum absolute atomic E-state index is 0.152. The number of rotatable bonds is 4. The van der Waals surface area contributed by atoms with Gasteiger partial charge >= 0.3 is 5.69 Å². The number of carbonyl (C=O) groups is 1. The molecule has 1 aromatic carbocycles. The second-order valence-electron chi connectivity index (χ2n) is 4.01. The van der Waals surface area contributed by atoms with E-state index in [1.54, 1.807) is 24.3 Å². The number of nitro groups is 1. The number of pyridine rings is 1. The maximum absolute atomic E-state index is 11.1. The Labute approximate surface area is 128 Å². The number of anilines is 1. The number of ether oxygens (including phenoxy) is 1. The Morgan fingerprint density at radius 1 is 1.43 bits per heavy atom. The molecule has 1 N–H and O–H groups in total. The van der Waals surface area contributed by atoms with Gasteiger partial charge in [0.2, 0.25) is 5.91 Å². The highest BCUT2D eigenvalue weighted by molar-refractivity contribution is 9.10. The third-order valence-electron chi connectivity index (χ3n) is 2.40. The van der Waals surface area contributed by atoms with E-state index in [4.69, 9.17) is 4.74 Å². The fraction of sp³-hybridized carbons (Fsp3) is 0.0769. The van der Waals surface area contributed by atoms with Gasteiger partial charge in [-0.1, -0.05) is 12.1 Å². The van der Waals surface area contributed by atoms with Crippen molar-refractivity contribution >= 4 is 33.2 Å². The minimum Gasteiger partial charge on any atom is -0.431 e. The maximum atomic E-state index is 11.1. The SMILES string of the molecule is CC(=O)Nc1ccccc1Oc1ncc(Br)cc1[N+](=O)[O-]. The molecule has 21 heavy (non-hydrogen) atoms. The fourth-order valence-corrected chi connectivity index (χ4v) is 1.90. The van der Waals surface area contributed by atoms with Crippen LogP contribution < -0.4 is 10.1 Å². The summed E-state index contributed by atoms with van der Waals surface area (Å²) in [6.07, 6.45) is 1.39. The summed E-state index contributed by atoms with van der Waals surface area (Å²) in [5.74, 6) is -0.157. The van der Waals surface area contributed by atoms with Crippen LogP contribution in [0.3, 0.4) is 0 Å². The van der Waals surface area contributed by atoms with Gasteiger partial charge in [-0.15, -0.1) is 0 Å². The van der Waals surface area contributed by atoms with E-state index >= 15 is 0 Å². The maximum Gasteiger partial charge on any atom is 0.332 e. The molecule has 0 unspecified atom stereocenters. The molecule has 8 heteroatoms. The summed E-state index contributed by atoms with van der Waals surface area (Å²) in [6.45, 7) is 1.36. The zero-order valence-electron chi connectivity index (χ0n) is 10.9. The molecule has 0 aliphatic heterocycles. The zero-order chi connectivity index (χ0) is 15.4. The smallest absolute Gasteiger partial charge is 0.332 e. The Hall–Kier alpha value is -2.48. The van der Waals surface area contributed by atoms with Crippen LogP contribution >= 0.6 is 15.9 Å². The lowest BCUT2D eigenvalue weighted by molar-refractivity contribution is -0.386. The first-order valence-electron chi connectivity index (χ1n) is 5.82. The van der Waals surface area contributed by atoms with E-state index < -0.39 is 4.92 Å². The van der Waals surface area contributed by atoms with E-state index in [1.165, 1.54) is 19.2 Å². The second-order valence-corrected chi connectivity index (χ2v) is 4.93.